The van der Waals surface area contributed by atoms with Crippen LogP contribution in [-0.2, 0) is 0 Å². The van der Waals surface area contributed by atoms with E-state index >= 15 is 0 Å². The second kappa shape index (κ2) is 6.75. The standard InChI is InChI=1S/C15H19N5O2/c1-9(2)18-14(21)11-8-10(4-5-12(11)22-3)19-13-6-7-17-15(16)20-13/h4-9H,1-3H3,(H,18,21)(H3,16,17,19,20). The van der Waals surface area contributed by atoms with E-state index in [4.69, 9.17) is 10.5 Å². The van der Waals surface area contributed by atoms with Crippen molar-refractivity contribution in [2.75, 3.05) is 18.2 Å². The smallest absolute Gasteiger partial charge is 0.255 e. The molecule has 1 heterocycles. The second-order valence-electron chi connectivity index (χ2n) is 4.97. The summed E-state index contributed by atoms with van der Waals surface area (Å²) in [6.45, 7) is 3.80. The number of carbonyl (C=O) groups is 1. The van der Waals surface area contributed by atoms with Crippen LogP contribution in [-0.4, -0.2) is 29.0 Å². The average molecular weight is 301 g/mol. The second-order valence-corrected chi connectivity index (χ2v) is 4.97. The Morgan fingerprint density at radius 2 is 2.09 bits per heavy atom. The monoisotopic (exact) mass is 301 g/mol. The van der Waals surface area contributed by atoms with Crippen molar-refractivity contribution >= 4 is 23.4 Å². The Kier molecular flexibility index (Phi) is 4.77. The van der Waals surface area contributed by atoms with Crippen molar-refractivity contribution in [3.8, 4) is 5.75 Å². The molecule has 2 rings (SSSR count). The topological polar surface area (TPSA) is 102 Å². The number of ether oxygens (including phenoxy) is 1. The quantitative estimate of drug-likeness (QED) is 0.780. The van der Waals surface area contributed by atoms with Gasteiger partial charge in [-0.05, 0) is 38.1 Å². The first-order valence-electron chi connectivity index (χ1n) is 6.84. The first-order valence-corrected chi connectivity index (χ1v) is 6.84. The summed E-state index contributed by atoms with van der Waals surface area (Å²) >= 11 is 0. The summed E-state index contributed by atoms with van der Waals surface area (Å²) in [6, 6.07) is 6.95. The normalized spacial score (nSPS) is 10.4. The lowest BCUT2D eigenvalue weighted by molar-refractivity contribution is 0.0940. The van der Waals surface area contributed by atoms with E-state index < -0.39 is 0 Å². The van der Waals surface area contributed by atoms with E-state index in [0.717, 1.165) is 0 Å². The molecular formula is C15H19N5O2. The van der Waals surface area contributed by atoms with Crippen molar-refractivity contribution in [2.24, 2.45) is 0 Å². The van der Waals surface area contributed by atoms with Gasteiger partial charge in [-0.3, -0.25) is 4.79 Å². The number of anilines is 3. The van der Waals surface area contributed by atoms with Crippen LogP contribution in [0.2, 0.25) is 0 Å². The number of hydrogen-bond acceptors (Lipinski definition) is 6. The van der Waals surface area contributed by atoms with Gasteiger partial charge in [-0.1, -0.05) is 0 Å². The summed E-state index contributed by atoms with van der Waals surface area (Å²) in [4.78, 5) is 20.1. The number of benzene rings is 1. The Balaban J connectivity index is 2.28. The molecule has 0 saturated carbocycles. The largest absolute Gasteiger partial charge is 0.496 e. The highest BCUT2D eigenvalue weighted by Crippen LogP contribution is 2.24. The van der Waals surface area contributed by atoms with Gasteiger partial charge in [-0.15, -0.1) is 0 Å². The third-order valence-electron chi connectivity index (χ3n) is 2.81. The molecule has 0 atom stereocenters. The van der Waals surface area contributed by atoms with Gasteiger partial charge in [0.25, 0.3) is 5.91 Å². The molecule has 22 heavy (non-hydrogen) atoms. The molecule has 0 aliphatic carbocycles. The fourth-order valence-corrected chi connectivity index (χ4v) is 1.89. The molecule has 0 fully saturated rings. The minimum atomic E-state index is -0.197. The third-order valence-corrected chi connectivity index (χ3v) is 2.81. The molecule has 0 aliphatic heterocycles. The first-order chi connectivity index (χ1) is 10.5. The molecule has 7 heteroatoms. The molecule has 116 valence electrons. The molecule has 7 nitrogen and oxygen atoms in total. The van der Waals surface area contributed by atoms with Crippen LogP contribution < -0.4 is 21.1 Å². The molecule has 2 aromatic rings. The third kappa shape index (κ3) is 3.85. The summed E-state index contributed by atoms with van der Waals surface area (Å²) in [6.07, 6.45) is 1.56. The predicted molar refractivity (Wildman–Crippen MR) is 85.3 cm³/mol. The molecule has 0 unspecified atom stereocenters. The number of hydrogen-bond donors (Lipinski definition) is 3. The Hall–Kier alpha value is -2.83. The Morgan fingerprint density at radius 1 is 1.32 bits per heavy atom. The highest BCUT2D eigenvalue weighted by Gasteiger charge is 2.14. The number of carbonyl (C=O) groups excluding carboxylic acids is 1. The summed E-state index contributed by atoms with van der Waals surface area (Å²) in [5.41, 5.74) is 6.69. The van der Waals surface area contributed by atoms with Crippen molar-refractivity contribution in [2.45, 2.75) is 19.9 Å². The maximum absolute atomic E-state index is 12.2. The van der Waals surface area contributed by atoms with E-state index in [0.29, 0.717) is 22.8 Å². The zero-order chi connectivity index (χ0) is 16.1. The highest BCUT2D eigenvalue weighted by molar-refractivity contribution is 5.98. The molecule has 4 N–H and O–H groups in total. The number of amides is 1. The molecule has 1 aromatic heterocycles. The van der Waals surface area contributed by atoms with Gasteiger partial charge in [0.2, 0.25) is 5.95 Å². The number of nitrogen functional groups attached to an aromatic ring is 1. The summed E-state index contributed by atoms with van der Waals surface area (Å²) in [5, 5.41) is 5.92. The fourth-order valence-electron chi connectivity index (χ4n) is 1.89. The number of aromatic nitrogens is 2. The highest BCUT2D eigenvalue weighted by atomic mass is 16.5. The number of methoxy groups -OCH3 is 1. The summed E-state index contributed by atoms with van der Waals surface area (Å²) < 4.78 is 5.24. The Morgan fingerprint density at radius 3 is 2.73 bits per heavy atom. The van der Waals surface area contributed by atoms with Crippen molar-refractivity contribution in [3.63, 3.8) is 0 Å². The maximum Gasteiger partial charge on any atom is 0.255 e. The molecular weight excluding hydrogens is 282 g/mol. The van der Waals surface area contributed by atoms with Crippen molar-refractivity contribution in [1.82, 2.24) is 15.3 Å². The van der Waals surface area contributed by atoms with E-state index in [1.54, 1.807) is 30.5 Å². The van der Waals surface area contributed by atoms with Crippen LogP contribution in [0.3, 0.4) is 0 Å². The lowest BCUT2D eigenvalue weighted by Crippen LogP contribution is -2.30. The summed E-state index contributed by atoms with van der Waals surface area (Å²) in [5.74, 6) is 1.03. The van der Waals surface area contributed by atoms with Gasteiger partial charge in [-0.2, -0.15) is 4.98 Å². The minimum absolute atomic E-state index is 0.0375. The lowest BCUT2D eigenvalue weighted by atomic mass is 10.1. The van der Waals surface area contributed by atoms with Crippen LogP contribution in [0.4, 0.5) is 17.5 Å². The van der Waals surface area contributed by atoms with Crippen molar-refractivity contribution < 1.29 is 9.53 Å². The Bertz CT molecular complexity index is 673. The van der Waals surface area contributed by atoms with Crippen LogP contribution in [0.15, 0.2) is 30.5 Å². The van der Waals surface area contributed by atoms with E-state index in [9.17, 15) is 4.79 Å². The van der Waals surface area contributed by atoms with Crippen LogP contribution in [0.5, 0.6) is 5.75 Å². The van der Waals surface area contributed by atoms with Crippen molar-refractivity contribution in [1.29, 1.82) is 0 Å². The molecule has 0 aliphatic rings. The SMILES string of the molecule is COc1ccc(Nc2ccnc(N)n2)cc1C(=O)NC(C)C. The molecule has 0 saturated heterocycles. The van der Waals surface area contributed by atoms with Gasteiger partial charge >= 0.3 is 0 Å². The zero-order valence-corrected chi connectivity index (χ0v) is 12.8. The zero-order valence-electron chi connectivity index (χ0n) is 12.8. The molecule has 1 amide bonds. The molecule has 0 bridgehead atoms. The van der Waals surface area contributed by atoms with Gasteiger partial charge in [0.05, 0.1) is 12.7 Å². The van der Waals surface area contributed by atoms with Crippen molar-refractivity contribution in [3.05, 3.63) is 36.0 Å². The van der Waals surface area contributed by atoms with Gasteiger partial charge in [-0.25, -0.2) is 4.98 Å². The molecule has 0 radical (unpaired) electrons. The fraction of sp³-hybridized carbons (Fsp3) is 0.267. The number of rotatable bonds is 5. The average Bonchev–Trinajstić information content (AvgIpc) is 2.46. The van der Waals surface area contributed by atoms with Gasteiger partial charge in [0, 0.05) is 17.9 Å². The number of nitrogens with one attached hydrogen (secondary N) is 2. The first kappa shape index (κ1) is 15.6. The lowest BCUT2D eigenvalue weighted by Gasteiger charge is -2.13. The van der Waals surface area contributed by atoms with Gasteiger partial charge < -0.3 is 21.1 Å². The van der Waals surface area contributed by atoms with Crippen LogP contribution in [0.1, 0.15) is 24.2 Å². The van der Waals surface area contributed by atoms with Crippen LogP contribution >= 0.6 is 0 Å². The van der Waals surface area contributed by atoms with E-state index in [2.05, 4.69) is 20.6 Å². The predicted octanol–water partition coefficient (Wildman–Crippen LogP) is 1.95. The number of nitrogens with two attached hydrogens (primary N) is 1. The van der Waals surface area contributed by atoms with Gasteiger partial charge in [0.15, 0.2) is 0 Å². The number of nitrogens with zero attached hydrogens (tertiary/aromatic N) is 2. The maximum atomic E-state index is 12.2. The van der Waals surface area contributed by atoms with Gasteiger partial charge in [0.1, 0.15) is 11.6 Å². The Labute approximate surface area is 128 Å². The van der Waals surface area contributed by atoms with E-state index in [1.165, 1.54) is 7.11 Å². The summed E-state index contributed by atoms with van der Waals surface area (Å²) in [7, 11) is 1.53. The molecule has 0 spiro atoms. The van der Waals surface area contributed by atoms with Crippen LogP contribution in [0.25, 0.3) is 0 Å². The van der Waals surface area contributed by atoms with E-state index in [1.807, 2.05) is 13.8 Å². The van der Waals surface area contributed by atoms with E-state index in [-0.39, 0.29) is 17.9 Å². The molecule has 1 aromatic carbocycles. The van der Waals surface area contributed by atoms with Crippen LogP contribution in [0, 0.1) is 0 Å². The minimum Gasteiger partial charge on any atom is -0.496 e.